The van der Waals surface area contributed by atoms with Crippen molar-refractivity contribution in [3.63, 3.8) is 0 Å². The van der Waals surface area contributed by atoms with Crippen LogP contribution in [0.25, 0.3) is 0 Å². The van der Waals surface area contributed by atoms with Gasteiger partial charge in [-0.1, -0.05) is 0 Å². The number of hydrogen-bond acceptors (Lipinski definition) is 4. The number of anilines is 1. The molecule has 2 aliphatic rings. The highest BCUT2D eigenvalue weighted by Gasteiger charge is 2.35. The van der Waals surface area contributed by atoms with E-state index in [1.165, 1.54) is 25.8 Å². The van der Waals surface area contributed by atoms with Crippen molar-refractivity contribution in [1.29, 1.82) is 0 Å². The average Bonchev–Trinajstić information content (AvgIpc) is 2.46. The third-order valence-electron chi connectivity index (χ3n) is 5.26. The molecule has 2 fully saturated rings. The highest BCUT2D eigenvalue weighted by Crippen LogP contribution is 2.33. The molecule has 0 spiro atoms. The van der Waals surface area contributed by atoms with Crippen LogP contribution in [0.1, 0.15) is 36.1 Å². The number of aliphatic hydroxyl groups excluding tert-OH is 1. The second kappa shape index (κ2) is 5.93. The molecule has 2 aliphatic heterocycles. The predicted octanol–water partition coefficient (Wildman–Crippen LogP) is 2.11. The van der Waals surface area contributed by atoms with E-state index in [0.717, 1.165) is 47.7 Å². The molecule has 2 saturated heterocycles. The Kier molecular flexibility index (Phi) is 4.18. The smallest absolute Gasteiger partial charge is 0.134 e. The van der Waals surface area contributed by atoms with Gasteiger partial charge in [0.2, 0.25) is 0 Å². The average molecular weight is 289 g/mol. The summed E-state index contributed by atoms with van der Waals surface area (Å²) in [4.78, 5) is 9.68. The van der Waals surface area contributed by atoms with E-state index in [4.69, 9.17) is 4.98 Å². The number of nitrogens with zero attached hydrogens (tertiary/aromatic N) is 3. The van der Waals surface area contributed by atoms with Gasteiger partial charge < -0.3 is 14.9 Å². The molecule has 4 heteroatoms. The van der Waals surface area contributed by atoms with Crippen LogP contribution < -0.4 is 4.90 Å². The highest BCUT2D eigenvalue weighted by molar-refractivity contribution is 5.51. The third kappa shape index (κ3) is 2.79. The van der Waals surface area contributed by atoms with Gasteiger partial charge in [-0.25, -0.2) is 4.98 Å². The van der Waals surface area contributed by atoms with Gasteiger partial charge in [0.25, 0.3) is 0 Å². The fourth-order valence-electron chi connectivity index (χ4n) is 4.15. The number of likely N-dealkylation sites (tertiary alicyclic amines) is 1. The quantitative estimate of drug-likeness (QED) is 0.905. The molecule has 4 nitrogen and oxygen atoms in total. The molecule has 2 unspecified atom stereocenters. The molecule has 0 radical (unpaired) electrons. The molecule has 0 aliphatic carbocycles. The Labute approximate surface area is 127 Å². The van der Waals surface area contributed by atoms with Gasteiger partial charge in [0.05, 0.1) is 6.61 Å². The van der Waals surface area contributed by atoms with Crippen molar-refractivity contribution in [3.05, 3.63) is 22.9 Å². The summed E-state index contributed by atoms with van der Waals surface area (Å²) in [6.07, 6.45) is 3.84. The van der Waals surface area contributed by atoms with Gasteiger partial charge in [-0.05, 0) is 64.3 Å². The first kappa shape index (κ1) is 14.8. The fraction of sp³-hybridized carbons (Fsp3) is 0.706. The van der Waals surface area contributed by atoms with E-state index in [9.17, 15) is 5.11 Å². The summed E-state index contributed by atoms with van der Waals surface area (Å²) < 4.78 is 0. The minimum absolute atomic E-state index is 0.0823. The molecule has 1 aromatic rings. The number of fused-ring (bicyclic) bond motifs is 1. The normalized spacial score (nSPS) is 26.8. The maximum atomic E-state index is 9.72. The molecular weight excluding hydrogens is 262 g/mol. The topological polar surface area (TPSA) is 39.6 Å². The number of piperidine rings is 2. The Morgan fingerprint density at radius 1 is 1.29 bits per heavy atom. The molecule has 0 bridgehead atoms. The number of aryl methyl sites for hydroxylation is 2. The van der Waals surface area contributed by atoms with Crippen LogP contribution in [0, 0.1) is 19.8 Å². The van der Waals surface area contributed by atoms with E-state index >= 15 is 0 Å². The maximum absolute atomic E-state index is 9.72. The van der Waals surface area contributed by atoms with Crippen LogP contribution in [0.15, 0.2) is 6.07 Å². The summed E-state index contributed by atoms with van der Waals surface area (Å²) in [5.41, 5.74) is 3.20. The van der Waals surface area contributed by atoms with Crippen LogP contribution in [0.5, 0.6) is 0 Å². The maximum Gasteiger partial charge on any atom is 0.134 e. The first-order valence-corrected chi connectivity index (χ1v) is 8.13. The zero-order valence-electron chi connectivity index (χ0n) is 13.5. The van der Waals surface area contributed by atoms with E-state index in [0.29, 0.717) is 0 Å². The van der Waals surface area contributed by atoms with Crippen molar-refractivity contribution in [2.24, 2.45) is 5.92 Å². The second-order valence-corrected chi connectivity index (χ2v) is 6.73. The molecule has 0 saturated carbocycles. The molecule has 1 N–H and O–H groups in total. The van der Waals surface area contributed by atoms with Crippen LogP contribution in [0.4, 0.5) is 5.82 Å². The van der Waals surface area contributed by atoms with Crippen LogP contribution in [-0.4, -0.2) is 47.7 Å². The lowest BCUT2D eigenvalue weighted by atomic mass is 9.84. The SMILES string of the molecule is Cc1cc(C)c(CO)c(N2CCC3C(CCCN3C)C2)n1. The zero-order chi connectivity index (χ0) is 15.0. The monoisotopic (exact) mass is 289 g/mol. The minimum atomic E-state index is 0.0823. The lowest BCUT2D eigenvalue weighted by molar-refractivity contribution is 0.102. The van der Waals surface area contributed by atoms with Gasteiger partial charge in [-0.2, -0.15) is 0 Å². The largest absolute Gasteiger partial charge is 0.392 e. The molecule has 1 aromatic heterocycles. The number of rotatable bonds is 2. The van der Waals surface area contributed by atoms with Gasteiger partial charge in [0, 0.05) is 30.4 Å². The van der Waals surface area contributed by atoms with Crippen molar-refractivity contribution >= 4 is 5.82 Å². The molecule has 0 aromatic carbocycles. The number of aliphatic hydroxyl groups is 1. The number of aromatic nitrogens is 1. The summed E-state index contributed by atoms with van der Waals surface area (Å²) in [6.45, 7) is 7.57. The summed E-state index contributed by atoms with van der Waals surface area (Å²) in [7, 11) is 2.26. The molecule has 116 valence electrons. The molecule has 2 atom stereocenters. The van der Waals surface area contributed by atoms with Crippen LogP contribution in [0.2, 0.25) is 0 Å². The predicted molar refractivity (Wildman–Crippen MR) is 85.6 cm³/mol. The van der Waals surface area contributed by atoms with Gasteiger partial charge in [0.15, 0.2) is 0 Å². The Morgan fingerprint density at radius 3 is 2.86 bits per heavy atom. The van der Waals surface area contributed by atoms with E-state index in [2.05, 4.69) is 29.8 Å². The summed E-state index contributed by atoms with van der Waals surface area (Å²) in [6, 6.07) is 2.80. The number of pyridine rings is 1. The Bertz CT molecular complexity index is 517. The fourth-order valence-corrected chi connectivity index (χ4v) is 4.15. The van der Waals surface area contributed by atoms with Crippen LogP contribution >= 0.6 is 0 Å². The standard InChI is InChI=1S/C17H27N3O/c1-12-9-13(2)18-17(15(12)11-21)20-8-6-16-14(10-20)5-4-7-19(16)3/h9,14,16,21H,4-8,10-11H2,1-3H3. The van der Waals surface area contributed by atoms with Gasteiger partial charge in [-0.3, -0.25) is 0 Å². The summed E-state index contributed by atoms with van der Waals surface area (Å²) >= 11 is 0. The molecule has 21 heavy (non-hydrogen) atoms. The Balaban J connectivity index is 1.85. The summed E-state index contributed by atoms with van der Waals surface area (Å²) in [5, 5.41) is 9.72. The lowest BCUT2D eigenvalue weighted by Crippen LogP contribution is -2.53. The van der Waals surface area contributed by atoms with E-state index in [1.54, 1.807) is 0 Å². The van der Waals surface area contributed by atoms with Gasteiger partial charge in [0.1, 0.15) is 5.82 Å². The lowest BCUT2D eigenvalue weighted by Gasteiger charge is -2.46. The van der Waals surface area contributed by atoms with Crippen molar-refractivity contribution in [2.75, 3.05) is 31.6 Å². The van der Waals surface area contributed by atoms with Crippen molar-refractivity contribution in [3.8, 4) is 0 Å². The van der Waals surface area contributed by atoms with Crippen molar-refractivity contribution in [2.45, 2.75) is 45.8 Å². The third-order valence-corrected chi connectivity index (χ3v) is 5.26. The number of hydrogen-bond donors (Lipinski definition) is 1. The first-order valence-electron chi connectivity index (χ1n) is 8.13. The molecule has 3 heterocycles. The Hall–Kier alpha value is -1.13. The van der Waals surface area contributed by atoms with Crippen LogP contribution in [0.3, 0.4) is 0 Å². The summed E-state index contributed by atoms with van der Waals surface area (Å²) in [5.74, 6) is 1.76. The minimum Gasteiger partial charge on any atom is -0.392 e. The molecule has 0 amide bonds. The highest BCUT2D eigenvalue weighted by atomic mass is 16.3. The first-order chi connectivity index (χ1) is 10.1. The zero-order valence-corrected chi connectivity index (χ0v) is 13.5. The Morgan fingerprint density at radius 2 is 2.10 bits per heavy atom. The van der Waals surface area contributed by atoms with E-state index in [1.807, 2.05) is 6.92 Å². The van der Waals surface area contributed by atoms with Gasteiger partial charge in [-0.15, -0.1) is 0 Å². The molecular formula is C17H27N3O. The van der Waals surface area contributed by atoms with Gasteiger partial charge >= 0.3 is 0 Å². The van der Waals surface area contributed by atoms with E-state index < -0.39 is 0 Å². The second-order valence-electron chi connectivity index (χ2n) is 6.73. The van der Waals surface area contributed by atoms with Crippen molar-refractivity contribution < 1.29 is 5.11 Å². The van der Waals surface area contributed by atoms with Crippen LogP contribution in [-0.2, 0) is 6.61 Å². The van der Waals surface area contributed by atoms with E-state index in [-0.39, 0.29) is 6.61 Å². The van der Waals surface area contributed by atoms with Crippen molar-refractivity contribution in [1.82, 2.24) is 9.88 Å². The molecule has 3 rings (SSSR count).